The number of hydrogen-bond acceptors (Lipinski definition) is 0. The number of aryl methyl sites for hydroxylation is 2. The van der Waals surface area contributed by atoms with Crippen molar-refractivity contribution in [2.45, 2.75) is 53.5 Å². The van der Waals surface area contributed by atoms with E-state index in [0.717, 1.165) is 12.8 Å². The molecule has 0 unspecified atom stereocenters. The molecule has 0 aromatic heterocycles. The Hall–Kier alpha value is -3.26. The number of fused-ring (bicyclic) bond motifs is 4. The summed E-state index contributed by atoms with van der Waals surface area (Å²) in [6.07, 6.45) is 3.42. The molecule has 0 aliphatic carbocycles. The van der Waals surface area contributed by atoms with Gasteiger partial charge in [-0.1, -0.05) is 149 Å². The second-order valence-corrected chi connectivity index (χ2v) is 11.8. The van der Waals surface area contributed by atoms with Crippen molar-refractivity contribution >= 4 is 53.3 Å². The minimum absolute atomic E-state index is 0. The van der Waals surface area contributed by atoms with Gasteiger partial charge in [0.05, 0.1) is 0 Å². The molecule has 251 valence electrons. The molecule has 0 atom stereocenters. The van der Waals surface area contributed by atoms with Gasteiger partial charge in [0, 0.05) is 10.2 Å². The van der Waals surface area contributed by atoms with Gasteiger partial charge in [-0.3, -0.25) is 0 Å². The van der Waals surface area contributed by atoms with Crippen LogP contribution in [-0.2, 0) is 39.0 Å². The molecule has 0 nitrogen and oxygen atoms in total. The van der Waals surface area contributed by atoms with Gasteiger partial charge in [-0.2, -0.15) is 12.1 Å². The third kappa shape index (κ3) is 9.54. The van der Waals surface area contributed by atoms with Crippen molar-refractivity contribution in [1.82, 2.24) is 0 Å². The maximum atomic E-state index is 2.97. The first kappa shape index (κ1) is 42.9. The van der Waals surface area contributed by atoms with Crippen LogP contribution in [0, 0.1) is 0 Å². The van der Waals surface area contributed by atoms with Crippen molar-refractivity contribution in [3.8, 4) is 22.3 Å². The summed E-state index contributed by atoms with van der Waals surface area (Å²) < 4.78 is 0. The molecule has 0 heterocycles. The zero-order valence-electron chi connectivity index (χ0n) is 29.7. The van der Waals surface area contributed by atoms with Gasteiger partial charge in [0.15, 0.2) is 0 Å². The molecule has 0 N–H and O–H groups in total. The van der Waals surface area contributed by atoms with E-state index in [4.69, 9.17) is 0 Å². The molecule has 8 rings (SSSR count). The van der Waals surface area contributed by atoms with Crippen LogP contribution in [0.1, 0.15) is 45.2 Å². The molecular formula is C46H45Cl2SiZr. The molecule has 8 aromatic carbocycles. The van der Waals surface area contributed by atoms with Crippen molar-refractivity contribution in [2.75, 3.05) is 0 Å². The van der Waals surface area contributed by atoms with Crippen molar-refractivity contribution in [2.24, 2.45) is 0 Å². The second-order valence-electron chi connectivity index (χ2n) is 11.8. The first-order chi connectivity index (χ1) is 23.1. The van der Waals surface area contributed by atoms with Gasteiger partial charge in [-0.05, 0) is 45.5 Å². The quantitative estimate of drug-likeness (QED) is 0.128. The summed E-state index contributed by atoms with van der Waals surface area (Å²) in [5.74, 6) is 0. The van der Waals surface area contributed by atoms with Gasteiger partial charge in [0.2, 0.25) is 0 Å². The van der Waals surface area contributed by atoms with Gasteiger partial charge in [0.1, 0.15) is 0 Å². The molecule has 0 amide bonds. The summed E-state index contributed by atoms with van der Waals surface area (Å²) >= 11 is 0. The Bertz CT molecular complexity index is 2040. The van der Waals surface area contributed by atoms with Gasteiger partial charge < -0.3 is 24.8 Å². The number of benzene rings is 6. The Labute approximate surface area is 334 Å². The van der Waals surface area contributed by atoms with E-state index >= 15 is 0 Å². The summed E-state index contributed by atoms with van der Waals surface area (Å²) in [6, 6.07) is 52.9. The van der Waals surface area contributed by atoms with Crippen LogP contribution in [0.25, 0.3) is 65.3 Å². The van der Waals surface area contributed by atoms with Crippen molar-refractivity contribution < 1.29 is 51.0 Å². The first-order valence-electron chi connectivity index (χ1n) is 17.0. The number of rotatable bonds is 4. The van der Waals surface area contributed by atoms with Gasteiger partial charge in [0.25, 0.3) is 0 Å². The van der Waals surface area contributed by atoms with E-state index in [1.807, 2.05) is 0 Å². The minimum atomic E-state index is 0. The standard InChI is InChI=1S/2C21H17.C3H8.CH3Si.2ClH.Zr/c2*1-2-15-13-17-9-6-12-20(21(17)14-15)19-11-5-8-16-7-3-4-10-18(16)19;1-3-2;1-2;;;/h2*3-14H,2H2,1H3;3H2,1-2H3;1H3;2*1H;/q2*-1;;;;;+4/p-2. The van der Waals surface area contributed by atoms with Crippen LogP contribution in [0.5, 0.6) is 0 Å². The van der Waals surface area contributed by atoms with E-state index in [-0.39, 0.29) is 51.0 Å². The van der Waals surface area contributed by atoms with Gasteiger partial charge >= 0.3 is 26.2 Å². The predicted octanol–water partition coefficient (Wildman–Crippen LogP) is 7.51. The maximum Gasteiger partial charge on any atom is 4.00 e. The van der Waals surface area contributed by atoms with Gasteiger partial charge in [-0.15, -0.1) is 69.1 Å². The molecule has 4 heteroatoms. The largest absolute Gasteiger partial charge is 4.00 e. The summed E-state index contributed by atoms with van der Waals surface area (Å²) in [4.78, 5) is 0. The molecule has 0 aliphatic rings. The number of hydrogen-bond donors (Lipinski definition) is 0. The van der Waals surface area contributed by atoms with Crippen LogP contribution < -0.4 is 24.8 Å². The molecule has 8 aromatic rings. The Morgan fingerprint density at radius 3 is 1.08 bits per heavy atom. The minimum Gasteiger partial charge on any atom is -1.00 e. The smallest absolute Gasteiger partial charge is 1.00 e. The fourth-order valence-electron chi connectivity index (χ4n) is 6.39. The van der Waals surface area contributed by atoms with Crippen LogP contribution in [-0.4, -0.2) is 10.2 Å². The zero-order chi connectivity index (χ0) is 33.2. The number of halogens is 2. The molecule has 0 bridgehead atoms. The van der Waals surface area contributed by atoms with Crippen LogP contribution in [0.2, 0.25) is 6.55 Å². The van der Waals surface area contributed by atoms with E-state index in [9.17, 15) is 0 Å². The summed E-state index contributed by atoms with van der Waals surface area (Å²) in [5, 5.41) is 10.7. The summed E-state index contributed by atoms with van der Waals surface area (Å²) in [7, 11) is 2.97. The first-order valence-corrected chi connectivity index (χ1v) is 18.0. The van der Waals surface area contributed by atoms with E-state index in [1.165, 1.54) is 82.9 Å². The van der Waals surface area contributed by atoms with Crippen LogP contribution in [0.3, 0.4) is 0 Å². The molecule has 0 aliphatic heterocycles. The van der Waals surface area contributed by atoms with Crippen LogP contribution >= 0.6 is 0 Å². The second kappa shape index (κ2) is 21.2. The average Bonchev–Trinajstić information content (AvgIpc) is 3.77. The van der Waals surface area contributed by atoms with Crippen molar-refractivity contribution in [3.63, 3.8) is 0 Å². The Balaban J connectivity index is 0.000000292. The van der Waals surface area contributed by atoms with E-state index in [0.29, 0.717) is 0 Å². The van der Waals surface area contributed by atoms with Crippen molar-refractivity contribution in [1.29, 1.82) is 0 Å². The molecule has 0 saturated heterocycles. The fraction of sp³-hybridized carbons (Fsp3) is 0.174. The van der Waals surface area contributed by atoms with E-state index < -0.39 is 0 Å². The zero-order valence-corrected chi connectivity index (χ0v) is 34.7. The Morgan fingerprint density at radius 1 is 0.420 bits per heavy atom. The molecule has 0 fully saturated rings. The molecule has 0 spiro atoms. The SMILES string of the molecule is CCC.CCc1cc2c(-c3cccc4ccccc34)cccc2[cH-]1.CCc1cc2c(-c3cccc4ccccc34)cccc2[cH-]1.C[Si].[Cl-].[Cl-].[Zr+4]. The van der Waals surface area contributed by atoms with E-state index in [2.05, 4.69) is 184 Å². The van der Waals surface area contributed by atoms with Crippen LogP contribution in [0.15, 0.2) is 146 Å². The maximum absolute atomic E-state index is 2.97. The average molecular weight is 788 g/mol. The molecule has 0 saturated carbocycles. The summed E-state index contributed by atoms with van der Waals surface area (Å²) in [5.41, 5.74) is 8.15. The third-order valence-electron chi connectivity index (χ3n) is 8.60. The van der Waals surface area contributed by atoms with E-state index in [1.54, 1.807) is 6.55 Å². The molecule has 3 radical (unpaired) electrons. The molecule has 50 heavy (non-hydrogen) atoms. The summed E-state index contributed by atoms with van der Waals surface area (Å²) in [6.45, 7) is 10.5. The monoisotopic (exact) mass is 785 g/mol. The Morgan fingerprint density at radius 2 is 0.720 bits per heavy atom. The van der Waals surface area contributed by atoms with Crippen molar-refractivity contribution in [3.05, 3.63) is 157 Å². The Kier molecular flexibility index (Phi) is 18.2. The fourth-order valence-corrected chi connectivity index (χ4v) is 6.39. The topological polar surface area (TPSA) is 0 Å². The van der Waals surface area contributed by atoms with Gasteiger partial charge in [-0.25, -0.2) is 0 Å². The third-order valence-corrected chi connectivity index (χ3v) is 8.60. The molecular weight excluding hydrogens is 743 g/mol. The normalized spacial score (nSPS) is 9.96. The van der Waals surface area contributed by atoms with Crippen LogP contribution in [0.4, 0.5) is 0 Å². The predicted molar refractivity (Wildman–Crippen MR) is 211 cm³/mol.